The van der Waals surface area contributed by atoms with E-state index in [-0.39, 0.29) is 22.0 Å². The molecule has 0 bridgehead atoms. The molecular weight excluding hydrogens is 541 g/mol. The molecule has 0 spiro atoms. The number of hydrogen-bond acceptors (Lipinski definition) is 7. The smallest absolute Gasteiger partial charge is 0.336 e. The van der Waals surface area contributed by atoms with Gasteiger partial charge in [0.05, 0.1) is 5.02 Å². The minimum Gasteiger partial charge on any atom is -0.484 e. The normalized spacial score (nSPS) is 11.1. The van der Waals surface area contributed by atoms with Crippen molar-refractivity contribution >= 4 is 50.1 Å². The molecule has 38 heavy (non-hydrogen) atoms. The van der Waals surface area contributed by atoms with E-state index < -0.39 is 44.8 Å². The Labute approximate surface area is 220 Å². The van der Waals surface area contributed by atoms with Gasteiger partial charge in [-0.3, -0.25) is 25.2 Å². The molecular formula is C25H19ClFN3O7S. The van der Waals surface area contributed by atoms with Gasteiger partial charge in [0.15, 0.2) is 6.61 Å². The first-order valence-electron chi connectivity index (χ1n) is 10.9. The summed E-state index contributed by atoms with van der Waals surface area (Å²) >= 11 is 6.04. The predicted octanol–water partition coefficient (Wildman–Crippen LogP) is 3.53. The molecule has 3 aromatic carbocycles. The lowest BCUT2D eigenvalue weighted by atomic mass is 10.1. The highest BCUT2D eigenvalue weighted by atomic mass is 35.5. The Kier molecular flexibility index (Phi) is 7.65. The summed E-state index contributed by atoms with van der Waals surface area (Å²) in [5.41, 5.74) is 4.79. The highest BCUT2D eigenvalue weighted by Crippen LogP contribution is 2.25. The van der Waals surface area contributed by atoms with Crippen LogP contribution in [0.25, 0.3) is 11.0 Å². The minimum absolute atomic E-state index is 0.0910. The fourth-order valence-corrected chi connectivity index (χ4v) is 4.94. The van der Waals surface area contributed by atoms with Crippen molar-refractivity contribution in [3.8, 4) is 5.75 Å². The second-order valence-electron chi connectivity index (χ2n) is 7.95. The van der Waals surface area contributed by atoms with E-state index in [0.29, 0.717) is 11.0 Å². The average Bonchev–Trinajstić information content (AvgIpc) is 2.87. The van der Waals surface area contributed by atoms with Crippen LogP contribution in [0.15, 0.2) is 80.8 Å². The Bertz CT molecular complexity index is 1710. The van der Waals surface area contributed by atoms with Crippen molar-refractivity contribution in [2.75, 3.05) is 11.3 Å². The van der Waals surface area contributed by atoms with Gasteiger partial charge in [-0.15, -0.1) is 0 Å². The number of anilines is 1. The van der Waals surface area contributed by atoms with Gasteiger partial charge in [-0.2, -0.15) is 0 Å². The Hall–Kier alpha value is -4.42. The highest BCUT2D eigenvalue weighted by molar-refractivity contribution is 7.92. The fraction of sp³-hybridized carbons (Fsp3) is 0.0800. The first-order valence-corrected chi connectivity index (χ1v) is 12.7. The summed E-state index contributed by atoms with van der Waals surface area (Å²) in [6, 6.07) is 14.2. The number of hydrogen-bond donors (Lipinski definition) is 3. The second kappa shape index (κ2) is 10.9. The number of ether oxygens (including phenoxy) is 1. The van der Waals surface area contributed by atoms with Crippen LogP contribution in [0.4, 0.5) is 10.1 Å². The van der Waals surface area contributed by atoms with Crippen LogP contribution in [-0.4, -0.2) is 26.8 Å². The Morgan fingerprint density at radius 1 is 1.00 bits per heavy atom. The summed E-state index contributed by atoms with van der Waals surface area (Å²) in [4.78, 5) is 35.8. The van der Waals surface area contributed by atoms with Gasteiger partial charge in [0.1, 0.15) is 22.0 Å². The summed E-state index contributed by atoms with van der Waals surface area (Å²) in [6.07, 6.45) is 0. The van der Waals surface area contributed by atoms with Crippen molar-refractivity contribution in [3.05, 3.63) is 99.1 Å². The standard InChI is InChI=1S/C25H19ClFN3O7S/c1-14-10-24(32)37-21-12-18(7-8-19(14)21)36-13-23(31)28-29-25(33)15-2-9-20(26)22(11-15)38(34,35)30-17-5-3-16(27)4-6-17/h2-12,30H,13H2,1H3,(H,28,31)(H,29,33). The molecule has 0 aliphatic carbocycles. The molecule has 0 atom stereocenters. The Morgan fingerprint density at radius 3 is 2.47 bits per heavy atom. The van der Waals surface area contributed by atoms with Crippen LogP contribution in [-0.2, 0) is 14.8 Å². The van der Waals surface area contributed by atoms with Crippen molar-refractivity contribution < 1.29 is 31.6 Å². The summed E-state index contributed by atoms with van der Waals surface area (Å²) in [5, 5.41) is 0.556. The van der Waals surface area contributed by atoms with Crippen molar-refractivity contribution in [1.82, 2.24) is 10.9 Å². The van der Waals surface area contributed by atoms with Crippen LogP contribution in [0.5, 0.6) is 5.75 Å². The summed E-state index contributed by atoms with van der Waals surface area (Å²) < 4.78 is 51.4. The van der Waals surface area contributed by atoms with E-state index in [1.54, 1.807) is 19.1 Å². The molecule has 1 aromatic heterocycles. The number of fused-ring (bicyclic) bond motifs is 1. The summed E-state index contributed by atoms with van der Waals surface area (Å²) in [5.74, 6) is -1.83. The maximum Gasteiger partial charge on any atom is 0.336 e. The Morgan fingerprint density at radius 2 is 1.74 bits per heavy atom. The summed E-state index contributed by atoms with van der Waals surface area (Å²) in [7, 11) is -4.22. The fourth-order valence-electron chi connectivity index (χ4n) is 3.36. The van der Waals surface area contributed by atoms with Crippen LogP contribution >= 0.6 is 11.6 Å². The first-order chi connectivity index (χ1) is 18.0. The number of hydrazine groups is 1. The van der Waals surface area contributed by atoms with Crippen LogP contribution in [0.3, 0.4) is 0 Å². The van der Waals surface area contributed by atoms with Crippen molar-refractivity contribution in [3.63, 3.8) is 0 Å². The number of rotatable bonds is 7. The number of sulfonamides is 1. The van der Waals surface area contributed by atoms with E-state index in [2.05, 4.69) is 15.6 Å². The number of carbonyl (C=O) groups is 2. The number of amides is 2. The van der Waals surface area contributed by atoms with Gasteiger partial charge in [-0.1, -0.05) is 11.6 Å². The van der Waals surface area contributed by atoms with Crippen LogP contribution in [0, 0.1) is 12.7 Å². The van der Waals surface area contributed by atoms with Crippen LogP contribution < -0.4 is 25.9 Å². The quantitative estimate of drug-likeness (QED) is 0.232. The predicted molar refractivity (Wildman–Crippen MR) is 137 cm³/mol. The van der Waals surface area contributed by atoms with E-state index in [1.807, 2.05) is 0 Å². The zero-order chi connectivity index (χ0) is 27.4. The molecule has 0 aliphatic heterocycles. The molecule has 196 valence electrons. The van der Waals surface area contributed by atoms with E-state index in [1.165, 1.54) is 36.4 Å². The number of carbonyl (C=O) groups excluding carboxylic acids is 2. The zero-order valence-corrected chi connectivity index (χ0v) is 21.2. The molecule has 4 rings (SSSR count). The topological polar surface area (TPSA) is 144 Å². The summed E-state index contributed by atoms with van der Waals surface area (Å²) in [6.45, 7) is 1.28. The second-order valence-corrected chi connectivity index (χ2v) is 10.0. The molecule has 0 unspecified atom stereocenters. The van der Waals surface area contributed by atoms with E-state index >= 15 is 0 Å². The van der Waals surface area contributed by atoms with E-state index in [9.17, 15) is 27.2 Å². The molecule has 0 saturated heterocycles. The van der Waals surface area contributed by atoms with Crippen LogP contribution in [0.2, 0.25) is 5.02 Å². The zero-order valence-electron chi connectivity index (χ0n) is 19.6. The number of halogens is 2. The number of nitrogens with one attached hydrogen (secondary N) is 3. The molecule has 0 fully saturated rings. The highest BCUT2D eigenvalue weighted by Gasteiger charge is 2.21. The molecule has 0 aliphatic rings. The van der Waals surface area contributed by atoms with Gasteiger partial charge in [0.2, 0.25) is 0 Å². The monoisotopic (exact) mass is 559 g/mol. The molecule has 4 aromatic rings. The lowest BCUT2D eigenvalue weighted by Gasteiger charge is -2.12. The third-order valence-corrected chi connectivity index (χ3v) is 7.05. The van der Waals surface area contributed by atoms with Crippen molar-refractivity contribution in [2.45, 2.75) is 11.8 Å². The first kappa shape index (κ1) is 26.6. The van der Waals surface area contributed by atoms with E-state index in [0.717, 1.165) is 23.8 Å². The lowest BCUT2D eigenvalue weighted by molar-refractivity contribution is -0.123. The van der Waals surface area contributed by atoms with Gasteiger partial charge >= 0.3 is 5.63 Å². The van der Waals surface area contributed by atoms with Crippen LogP contribution in [0.1, 0.15) is 15.9 Å². The molecule has 3 N–H and O–H groups in total. The molecule has 1 heterocycles. The number of aryl methyl sites for hydroxylation is 1. The van der Waals surface area contributed by atoms with Crippen molar-refractivity contribution in [1.29, 1.82) is 0 Å². The largest absolute Gasteiger partial charge is 0.484 e. The lowest BCUT2D eigenvalue weighted by Crippen LogP contribution is -2.43. The van der Waals surface area contributed by atoms with Gasteiger partial charge in [-0.25, -0.2) is 17.6 Å². The molecule has 2 amide bonds. The molecule has 13 heteroatoms. The average molecular weight is 560 g/mol. The number of benzene rings is 3. The SMILES string of the molecule is Cc1cc(=O)oc2cc(OCC(=O)NNC(=O)c3ccc(Cl)c(S(=O)(=O)Nc4ccc(F)cc4)c3)ccc12. The maximum absolute atomic E-state index is 13.1. The van der Waals surface area contributed by atoms with Crippen molar-refractivity contribution in [2.24, 2.45) is 0 Å². The molecule has 10 nitrogen and oxygen atoms in total. The van der Waals surface area contributed by atoms with Gasteiger partial charge in [0, 0.05) is 28.8 Å². The Balaban J connectivity index is 1.37. The van der Waals surface area contributed by atoms with Gasteiger partial charge < -0.3 is 9.15 Å². The van der Waals surface area contributed by atoms with E-state index in [4.69, 9.17) is 20.8 Å². The molecule has 0 saturated carbocycles. The van der Waals surface area contributed by atoms with Gasteiger partial charge in [0.25, 0.3) is 21.8 Å². The third-order valence-electron chi connectivity index (χ3n) is 5.19. The molecule has 0 radical (unpaired) electrons. The maximum atomic E-state index is 13.1. The minimum atomic E-state index is -4.22. The third kappa shape index (κ3) is 6.28. The van der Waals surface area contributed by atoms with Gasteiger partial charge in [-0.05, 0) is 67.1 Å².